The fraction of sp³-hybridized carbons (Fsp3) is 0.348. The number of nitrogens with zero attached hydrogens (tertiary/aromatic N) is 3. The van der Waals surface area contributed by atoms with Gasteiger partial charge in [-0.25, -0.2) is 0 Å². The summed E-state index contributed by atoms with van der Waals surface area (Å²) in [6.45, 7) is 10.3. The summed E-state index contributed by atoms with van der Waals surface area (Å²) in [6.07, 6.45) is 0. The molecular weight excluding hydrogens is 364 g/mol. The van der Waals surface area contributed by atoms with Crippen LogP contribution in [0.2, 0.25) is 0 Å². The van der Waals surface area contributed by atoms with E-state index in [4.69, 9.17) is 4.42 Å². The maximum atomic E-state index is 12.6. The zero-order valence-corrected chi connectivity index (χ0v) is 17.9. The van der Waals surface area contributed by atoms with E-state index in [2.05, 4.69) is 34.6 Å². The van der Waals surface area contributed by atoms with Crippen LogP contribution >= 0.6 is 0 Å². The van der Waals surface area contributed by atoms with Crippen molar-refractivity contribution in [2.45, 2.75) is 40.7 Å². The van der Waals surface area contributed by atoms with E-state index in [1.807, 2.05) is 63.9 Å². The van der Waals surface area contributed by atoms with E-state index < -0.39 is 0 Å². The first-order valence-corrected chi connectivity index (χ1v) is 9.73. The average molecular weight is 393 g/mol. The molecule has 0 aliphatic heterocycles. The van der Waals surface area contributed by atoms with Crippen molar-refractivity contribution < 1.29 is 9.21 Å². The molecule has 0 aliphatic rings. The molecule has 6 heteroatoms. The molecule has 0 bridgehead atoms. The lowest BCUT2D eigenvalue weighted by molar-refractivity contribution is -0.117. The van der Waals surface area contributed by atoms with Gasteiger partial charge >= 0.3 is 0 Å². The standard InChI is InChI=1S/C23H28N4O2/c1-14-7-9-19(10-8-14)23-26-25-22(29-23)18(5)27(6)13-20(28)24-21-16(3)11-15(2)12-17(21)4/h7-12,18H,13H2,1-6H3,(H,24,28)/t18-/m1/s1. The van der Waals surface area contributed by atoms with Gasteiger partial charge in [-0.05, 0) is 64.9 Å². The Hall–Kier alpha value is -2.99. The molecule has 0 spiro atoms. The van der Waals surface area contributed by atoms with Crippen LogP contribution in [-0.2, 0) is 4.79 Å². The number of hydrogen-bond acceptors (Lipinski definition) is 5. The third-order valence-electron chi connectivity index (χ3n) is 5.09. The molecule has 0 radical (unpaired) electrons. The highest BCUT2D eigenvalue weighted by atomic mass is 16.4. The Morgan fingerprint density at radius 2 is 1.66 bits per heavy atom. The molecule has 6 nitrogen and oxygen atoms in total. The minimum atomic E-state index is -0.187. The lowest BCUT2D eigenvalue weighted by Crippen LogP contribution is -2.32. The lowest BCUT2D eigenvalue weighted by atomic mass is 10.1. The number of aromatic nitrogens is 2. The van der Waals surface area contributed by atoms with Gasteiger partial charge in [0.1, 0.15) is 0 Å². The van der Waals surface area contributed by atoms with Gasteiger partial charge in [0.05, 0.1) is 12.6 Å². The first kappa shape index (κ1) is 20.7. The first-order valence-electron chi connectivity index (χ1n) is 9.73. The second-order valence-corrected chi connectivity index (χ2v) is 7.72. The average Bonchev–Trinajstić information content (AvgIpc) is 3.14. The highest BCUT2D eigenvalue weighted by Gasteiger charge is 2.21. The van der Waals surface area contributed by atoms with Crippen LogP contribution in [0.3, 0.4) is 0 Å². The van der Waals surface area contributed by atoms with Crippen molar-refractivity contribution in [3.05, 3.63) is 64.5 Å². The van der Waals surface area contributed by atoms with Crippen molar-refractivity contribution in [2.24, 2.45) is 0 Å². The van der Waals surface area contributed by atoms with Gasteiger partial charge in [-0.2, -0.15) is 0 Å². The summed E-state index contributed by atoms with van der Waals surface area (Å²) < 4.78 is 5.85. The number of nitrogens with one attached hydrogen (secondary N) is 1. The highest BCUT2D eigenvalue weighted by molar-refractivity contribution is 5.93. The number of carbonyl (C=O) groups is 1. The van der Waals surface area contributed by atoms with Crippen molar-refractivity contribution in [1.82, 2.24) is 15.1 Å². The Morgan fingerprint density at radius 3 is 2.28 bits per heavy atom. The predicted octanol–water partition coefficient (Wildman–Crippen LogP) is 4.60. The summed E-state index contributed by atoms with van der Waals surface area (Å²) in [7, 11) is 1.87. The molecule has 29 heavy (non-hydrogen) atoms. The van der Waals surface area contributed by atoms with Crippen molar-refractivity contribution in [1.29, 1.82) is 0 Å². The third-order valence-corrected chi connectivity index (χ3v) is 5.09. The van der Waals surface area contributed by atoms with Crippen molar-refractivity contribution in [3.63, 3.8) is 0 Å². The zero-order valence-electron chi connectivity index (χ0n) is 17.9. The maximum absolute atomic E-state index is 12.6. The van der Waals surface area contributed by atoms with Gasteiger partial charge in [-0.3, -0.25) is 9.69 Å². The number of hydrogen-bond donors (Lipinski definition) is 1. The third kappa shape index (κ3) is 4.90. The number of amides is 1. The van der Waals surface area contributed by atoms with Gasteiger partial charge in [0.25, 0.3) is 0 Å². The lowest BCUT2D eigenvalue weighted by Gasteiger charge is -2.22. The van der Waals surface area contributed by atoms with E-state index in [1.54, 1.807) is 0 Å². The number of likely N-dealkylation sites (N-methyl/N-ethyl adjacent to an activating group) is 1. The number of carbonyl (C=O) groups excluding carboxylic acids is 1. The van der Waals surface area contributed by atoms with E-state index >= 15 is 0 Å². The van der Waals surface area contributed by atoms with E-state index in [9.17, 15) is 4.79 Å². The minimum Gasteiger partial charge on any atom is -0.419 e. The molecule has 0 saturated heterocycles. The summed E-state index contributed by atoms with van der Waals surface area (Å²) in [5, 5.41) is 11.4. The van der Waals surface area contributed by atoms with Gasteiger partial charge in [-0.15, -0.1) is 10.2 Å². The number of aryl methyl sites for hydroxylation is 4. The second-order valence-electron chi connectivity index (χ2n) is 7.72. The fourth-order valence-corrected chi connectivity index (χ4v) is 3.32. The fourth-order valence-electron chi connectivity index (χ4n) is 3.32. The predicted molar refractivity (Wildman–Crippen MR) is 115 cm³/mol. The number of benzene rings is 2. The molecule has 1 atom stereocenters. The van der Waals surface area contributed by atoms with Crippen molar-refractivity contribution in [2.75, 3.05) is 18.9 Å². The van der Waals surface area contributed by atoms with Gasteiger partial charge in [-0.1, -0.05) is 35.4 Å². The molecule has 1 heterocycles. The molecule has 1 N–H and O–H groups in total. The van der Waals surface area contributed by atoms with Gasteiger partial charge in [0, 0.05) is 11.3 Å². The van der Waals surface area contributed by atoms with Crippen LogP contribution < -0.4 is 5.32 Å². The molecule has 2 aromatic carbocycles. The molecule has 3 aromatic rings. The molecule has 152 valence electrons. The van der Waals surface area contributed by atoms with E-state index in [0.717, 1.165) is 22.4 Å². The van der Waals surface area contributed by atoms with Crippen molar-refractivity contribution in [3.8, 4) is 11.5 Å². The molecule has 0 fully saturated rings. The summed E-state index contributed by atoms with van der Waals surface area (Å²) in [5.74, 6) is 0.891. The molecule has 1 aromatic heterocycles. The van der Waals surface area contributed by atoms with E-state index in [1.165, 1.54) is 11.1 Å². The van der Waals surface area contributed by atoms with Crippen LogP contribution in [0.1, 0.15) is 41.1 Å². The molecule has 3 rings (SSSR count). The summed E-state index contributed by atoms with van der Waals surface area (Å²) in [5.41, 5.74) is 6.24. The number of rotatable bonds is 6. The largest absolute Gasteiger partial charge is 0.419 e. The summed E-state index contributed by atoms with van der Waals surface area (Å²) in [6, 6.07) is 11.9. The van der Waals surface area contributed by atoms with Gasteiger partial charge in [0.15, 0.2) is 0 Å². The normalized spacial score (nSPS) is 12.2. The topological polar surface area (TPSA) is 71.3 Å². The Kier molecular flexibility index (Phi) is 6.13. The highest BCUT2D eigenvalue weighted by Crippen LogP contribution is 2.24. The Morgan fingerprint density at radius 1 is 1.03 bits per heavy atom. The monoisotopic (exact) mass is 392 g/mol. The molecule has 0 saturated carbocycles. The van der Waals surface area contributed by atoms with E-state index in [0.29, 0.717) is 11.8 Å². The SMILES string of the molecule is Cc1ccc(-c2nnc([C@@H](C)N(C)CC(=O)Nc3c(C)cc(C)cc3C)o2)cc1. The first-order chi connectivity index (χ1) is 13.7. The van der Waals surface area contributed by atoms with Crippen LogP contribution in [0.15, 0.2) is 40.8 Å². The Labute approximate surface area is 172 Å². The minimum absolute atomic E-state index is 0.0762. The van der Waals surface area contributed by atoms with Crippen LogP contribution in [0.4, 0.5) is 5.69 Å². The maximum Gasteiger partial charge on any atom is 0.247 e. The van der Waals surface area contributed by atoms with Crippen molar-refractivity contribution >= 4 is 11.6 Å². The van der Waals surface area contributed by atoms with Crippen LogP contribution in [-0.4, -0.2) is 34.6 Å². The smallest absolute Gasteiger partial charge is 0.247 e. The quantitative estimate of drug-likeness (QED) is 0.664. The van der Waals surface area contributed by atoms with Crippen LogP contribution in [0.5, 0.6) is 0 Å². The van der Waals surface area contributed by atoms with Crippen LogP contribution in [0, 0.1) is 27.7 Å². The summed E-state index contributed by atoms with van der Waals surface area (Å²) >= 11 is 0. The van der Waals surface area contributed by atoms with E-state index in [-0.39, 0.29) is 18.5 Å². The van der Waals surface area contributed by atoms with Crippen LogP contribution in [0.25, 0.3) is 11.5 Å². The Bertz CT molecular complexity index is 985. The zero-order chi connectivity index (χ0) is 21.1. The molecular formula is C23H28N4O2. The molecule has 0 unspecified atom stereocenters. The summed E-state index contributed by atoms with van der Waals surface area (Å²) in [4.78, 5) is 14.5. The van der Waals surface area contributed by atoms with Gasteiger partial charge in [0.2, 0.25) is 17.7 Å². The molecule has 0 aliphatic carbocycles. The second kappa shape index (κ2) is 8.57. The van der Waals surface area contributed by atoms with Gasteiger partial charge < -0.3 is 9.73 Å². The molecule has 1 amide bonds. The number of anilines is 1. The Balaban J connectivity index is 1.65.